The first kappa shape index (κ1) is 9.93. The van der Waals surface area contributed by atoms with Gasteiger partial charge in [-0.2, -0.15) is 0 Å². The second-order valence-corrected chi connectivity index (χ2v) is 4.41. The Hall–Kier alpha value is -0.610. The number of nitrogens with zero attached hydrogens (tertiary/aromatic N) is 1. The maximum absolute atomic E-state index is 11.0. The SMILES string of the molecule is NC1C(C(=O)O)CCCN2CCCC12. The molecule has 14 heavy (non-hydrogen) atoms. The van der Waals surface area contributed by atoms with Gasteiger partial charge in [-0.05, 0) is 38.8 Å². The van der Waals surface area contributed by atoms with Gasteiger partial charge in [0.1, 0.15) is 0 Å². The quantitative estimate of drug-likeness (QED) is 0.635. The third kappa shape index (κ3) is 1.64. The maximum atomic E-state index is 11.0. The Morgan fingerprint density at radius 1 is 1.29 bits per heavy atom. The molecule has 4 nitrogen and oxygen atoms in total. The molecule has 3 unspecified atom stereocenters. The topological polar surface area (TPSA) is 66.6 Å². The smallest absolute Gasteiger partial charge is 0.308 e. The van der Waals surface area contributed by atoms with Crippen LogP contribution in [0.2, 0.25) is 0 Å². The predicted molar refractivity (Wildman–Crippen MR) is 52.9 cm³/mol. The Kier molecular flexibility index (Phi) is 2.74. The van der Waals surface area contributed by atoms with Crippen molar-refractivity contribution in [3.05, 3.63) is 0 Å². The summed E-state index contributed by atoms with van der Waals surface area (Å²) in [7, 11) is 0. The number of carboxylic acid groups (broad SMARTS) is 1. The van der Waals surface area contributed by atoms with Crippen molar-refractivity contribution in [1.82, 2.24) is 4.90 Å². The minimum atomic E-state index is -0.716. The highest BCUT2D eigenvalue weighted by atomic mass is 16.4. The van der Waals surface area contributed by atoms with Gasteiger partial charge in [0.2, 0.25) is 0 Å². The van der Waals surface area contributed by atoms with Gasteiger partial charge in [0.25, 0.3) is 0 Å². The van der Waals surface area contributed by atoms with E-state index in [0.717, 1.165) is 32.4 Å². The van der Waals surface area contributed by atoms with E-state index in [1.807, 2.05) is 0 Å². The van der Waals surface area contributed by atoms with E-state index in [-0.39, 0.29) is 12.0 Å². The van der Waals surface area contributed by atoms with Gasteiger partial charge in [-0.3, -0.25) is 9.69 Å². The summed E-state index contributed by atoms with van der Waals surface area (Å²) in [4.78, 5) is 13.4. The normalized spacial score (nSPS) is 39.1. The van der Waals surface area contributed by atoms with Gasteiger partial charge in [0.15, 0.2) is 0 Å². The van der Waals surface area contributed by atoms with Crippen molar-refractivity contribution in [2.24, 2.45) is 11.7 Å². The summed E-state index contributed by atoms with van der Waals surface area (Å²) in [5.41, 5.74) is 6.04. The lowest BCUT2D eigenvalue weighted by atomic mass is 9.91. The number of nitrogens with two attached hydrogens (primary N) is 1. The fourth-order valence-corrected chi connectivity index (χ4v) is 2.83. The van der Waals surface area contributed by atoms with Crippen molar-refractivity contribution < 1.29 is 9.90 Å². The van der Waals surface area contributed by atoms with Crippen LogP contribution in [-0.4, -0.2) is 41.1 Å². The zero-order valence-electron chi connectivity index (χ0n) is 8.35. The van der Waals surface area contributed by atoms with Gasteiger partial charge >= 0.3 is 5.97 Å². The highest BCUT2D eigenvalue weighted by Crippen LogP contribution is 2.28. The largest absolute Gasteiger partial charge is 0.481 e. The van der Waals surface area contributed by atoms with E-state index < -0.39 is 5.97 Å². The molecule has 0 aromatic heterocycles. The molecule has 0 bridgehead atoms. The van der Waals surface area contributed by atoms with Gasteiger partial charge in [-0.1, -0.05) is 0 Å². The van der Waals surface area contributed by atoms with Crippen LogP contribution in [0.15, 0.2) is 0 Å². The lowest BCUT2D eigenvalue weighted by Gasteiger charge is -2.28. The Morgan fingerprint density at radius 3 is 2.57 bits per heavy atom. The highest BCUT2D eigenvalue weighted by molar-refractivity contribution is 5.71. The molecule has 0 aliphatic carbocycles. The molecule has 0 aromatic rings. The Labute approximate surface area is 84.1 Å². The molecule has 2 heterocycles. The molecular formula is C10H18N2O2. The van der Waals surface area contributed by atoms with E-state index in [1.165, 1.54) is 6.42 Å². The molecular weight excluding hydrogens is 180 g/mol. The number of aliphatic carboxylic acids is 1. The Morgan fingerprint density at radius 2 is 1.93 bits per heavy atom. The molecule has 2 aliphatic rings. The zero-order valence-corrected chi connectivity index (χ0v) is 8.35. The van der Waals surface area contributed by atoms with Gasteiger partial charge in [-0.15, -0.1) is 0 Å². The van der Waals surface area contributed by atoms with Gasteiger partial charge < -0.3 is 10.8 Å². The molecule has 2 rings (SSSR count). The number of rotatable bonds is 1. The lowest BCUT2D eigenvalue weighted by molar-refractivity contribution is -0.142. The average Bonchev–Trinajstić information content (AvgIpc) is 2.53. The molecule has 2 saturated heterocycles. The van der Waals surface area contributed by atoms with Crippen LogP contribution >= 0.6 is 0 Å². The summed E-state index contributed by atoms with van der Waals surface area (Å²) in [5.74, 6) is -1.05. The summed E-state index contributed by atoms with van der Waals surface area (Å²) in [5, 5.41) is 9.06. The zero-order chi connectivity index (χ0) is 10.1. The van der Waals surface area contributed by atoms with E-state index in [2.05, 4.69) is 4.90 Å². The minimum Gasteiger partial charge on any atom is -0.481 e. The molecule has 80 valence electrons. The molecule has 3 atom stereocenters. The van der Waals surface area contributed by atoms with E-state index in [0.29, 0.717) is 6.04 Å². The van der Waals surface area contributed by atoms with E-state index in [1.54, 1.807) is 0 Å². The summed E-state index contributed by atoms with van der Waals surface area (Å²) in [6, 6.07) is 0.149. The number of hydrogen-bond donors (Lipinski definition) is 2. The molecule has 4 heteroatoms. The van der Waals surface area contributed by atoms with Crippen LogP contribution in [0.25, 0.3) is 0 Å². The van der Waals surface area contributed by atoms with Crippen LogP contribution in [0.3, 0.4) is 0 Å². The lowest BCUT2D eigenvalue weighted by Crippen LogP contribution is -2.48. The molecule has 3 N–H and O–H groups in total. The highest BCUT2D eigenvalue weighted by Gasteiger charge is 2.38. The standard InChI is InChI=1S/C10H18N2O2/c11-9-7(10(13)14)3-1-5-12-6-2-4-8(9)12/h7-9H,1-6,11H2,(H,13,14). The van der Waals surface area contributed by atoms with Crippen LogP contribution in [0, 0.1) is 5.92 Å². The molecule has 2 fully saturated rings. The molecule has 0 amide bonds. The first-order valence-electron chi connectivity index (χ1n) is 5.42. The summed E-state index contributed by atoms with van der Waals surface area (Å²) < 4.78 is 0. The van der Waals surface area contributed by atoms with Crippen LogP contribution in [0.5, 0.6) is 0 Å². The molecule has 0 spiro atoms. The van der Waals surface area contributed by atoms with Crippen LogP contribution in [0.1, 0.15) is 25.7 Å². The van der Waals surface area contributed by atoms with Crippen LogP contribution < -0.4 is 5.73 Å². The van der Waals surface area contributed by atoms with Gasteiger partial charge in [0, 0.05) is 12.1 Å². The summed E-state index contributed by atoms with van der Waals surface area (Å²) >= 11 is 0. The number of hydrogen-bond acceptors (Lipinski definition) is 3. The number of carboxylic acids is 1. The molecule has 2 aliphatic heterocycles. The van der Waals surface area contributed by atoms with Gasteiger partial charge in [-0.25, -0.2) is 0 Å². The van der Waals surface area contributed by atoms with E-state index in [9.17, 15) is 4.79 Å². The fourth-order valence-electron chi connectivity index (χ4n) is 2.83. The monoisotopic (exact) mass is 198 g/mol. The Bertz CT molecular complexity index is 232. The van der Waals surface area contributed by atoms with E-state index in [4.69, 9.17) is 10.8 Å². The third-order valence-corrected chi connectivity index (χ3v) is 3.60. The van der Waals surface area contributed by atoms with Crippen LogP contribution in [-0.2, 0) is 4.79 Å². The average molecular weight is 198 g/mol. The molecule has 0 radical (unpaired) electrons. The van der Waals surface area contributed by atoms with Crippen molar-refractivity contribution in [3.63, 3.8) is 0 Å². The second-order valence-electron chi connectivity index (χ2n) is 4.41. The van der Waals surface area contributed by atoms with Crippen molar-refractivity contribution in [1.29, 1.82) is 0 Å². The van der Waals surface area contributed by atoms with Crippen molar-refractivity contribution >= 4 is 5.97 Å². The van der Waals surface area contributed by atoms with Crippen LogP contribution in [0.4, 0.5) is 0 Å². The first-order chi connectivity index (χ1) is 6.70. The summed E-state index contributed by atoms with van der Waals surface area (Å²) in [6.07, 6.45) is 3.96. The van der Waals surface area contributed by atoms with Crippen molar-refractivity contribution in [2.75, 3.05) is 13.1 Å². The van der Waals surface area contributed by atoms with Crippen molar-refractivity contribution in [2.45, 2.75) is 37.8 Å². The van der Waals surface area contributed by atoms with Gasteiger partial charge in [0.05, 0.1) is 5.92 Å². The number of fused-ring (bicyclic) bond motifs is 1. The molecule has 0 saturated carbocycles. The summed E-state index contributed by atoms with van der Waals surface area (Å²) in [6.45, 7) is 2.13. The van der Waals surface area contributed by atoms with Crippen molar-refractivity contribution in [3.8, 4) is 0 Å². The third-order valence-electron chi connectivity index (χ3n) is 3.60. The second kappa shape index (κ2) is 3.87. The fraction of sp³-hybridized carbons (Fsp3) is 0.900. The minimum absolute atomic E-state index is 0.169. The predicted octanol–water partition coefficient (Wildman–Crippen LogP) is 0.273. The maximum Gasteiger partial charge on any atom is 0.308 e. The Balaban J connectivity index is 2.12. The number of carbonyl (C=O) groups is 1. The molecule has 0 aromatic carbocycles. The first-order valence-corrected chi connectivity index (χ1v) is 5.42. The van der Waals surface area contributed by atoms with E-state index >= 15 is 0 Å².